The number of aliphatic carboxylic acids is 2. The number of rotatable bonds is 5. The summed E-state index contributed by atoms with van der Waals surface area (Å²) in [4.78, 5) is 33.7. The van der Waals surface area contributed by atoms with Crippen LogP contribution < -0.4 is 0 Å². The number of carboxylic acids is 2. The van der Waals surface area contributed by atoms with Gasteiger partial charge in [-0.3, -0.25) is 4.90 Å². The summed E-state index contributed by atoms with van der Waals surface area (Å²) in [7, 11) is 0. The molecule has 3 heterocycles. The van der Waals surface area contributed by atoms with Crippen molar-refractivity contribution >= 4 is 41.1 Å². The number of benzene rings is 1. The largest absolute Gasteiger partial charge is 0.478 e. The first-order chi connectivity index (χ1) is 15.2. The lowest BCUT2D eigenvalue weighted by Gasteiger charge is -2.37. The predicted molar refractivity (Wildman–Crippen MR) is 120 cm³/mol. The Bertz CT molecular complexity index is 944. The van der Waals surface area contributed by atoms with Crippen LogP contribution in [0.1, 0.15) is 37.7 Å². The zero-order chi connectivity index (χ0) is 23.4. The maximum Gasteiger partial charge on any atom is 0.330 e. The Morgan fingerprint density at radius 3 is 2.41 bits per heavy atom. The fraction of sp³-hybridized carbons (Fsp3) is 0.435. The quantitative estimate of drug-likeness (QED) is 0.480. The highest BCUT2D eigenvalue weighted by atomic mass is 35.5. The van der Waals surface area contributed by atoms with Gasteiger partial charge in [0.15, 0.2) is 0 Å². The van der Waals surface area contributed by atoms with Gasteiger partial charge in [0.2, 0.25) is 0 Å². The Morgan fingerprint density at radius 1 is 1.12 bits per heavy atom. The fourth-order valence-corrected chi connectivity index (χ4v) is 5.39. The van der Waals surface area contributed by atoms with Gasteiger partial charge in [-0.25, -0.2) is 14.4 Å². The SMILES string of the molecule is CCOC(=O)C=C1CN2[C@H]3CC[C@@H]2[C@H]1[C@@H](c1ccc(Cl)c(Cl)c1)C3.O=C(O)/C=C/C(=O)O. The van der Waals surface area contributed by atoms with Crippen molar-refractivity contribution in [3.8, 4) is 0 Å². The zero-order valence-corrected chi connectivity index (χ0v) is 19.1. The van der Waals surface area contributed by atoms with E-state index >= 15 is 0 Å². The summed E-state index contributed by atoms with van der Waals surface area (Å²) in [6.45, 7) is 3.16. The third-order valence-corrected chi connectivity index (χ3v) is 6.93. The zero-order valence-electron chi connectivity index (χ0n) is 17.5. The van der Waals surface area contributed by atoms with Crippen molar-refractivity contribution in [2.24, 2.45) is 5.92 Å². The Kier molecular flexibility index (Phi) is 7.98. The molecule has 7 nitrogen and oxygen atoms in total. The average molecular weight is 482 g/mol. The summed E-state index contributed by atoms with van der Waals surface area (Å²) in [5.74, 6) is -1.95. The highest BCUT2D eigenvalue weighted by Gasteiger charge is 2.53. The number of halogens is 2. The normalized spacial score (nSPS) is 29.0. The Balaban J connectivity index is 0.000000312. The van der Waals surface area contributed by atoms with Crippen LogP contribution in [-0.4, -0.2) is 58.3 Å². The molecule has 0 saturated carbocycles. The summed E-state index contributed by atoms with van der Waals surface area (Å²) in [6.07, 6.45) is 6.45. The van der Waals surface area contributed by atoms with E-state index in [4.69, 9.17) is 38.2 Å². The van der Waals surface area contributed by atoms with Gasteiger partial charge in [0.05, 0.1) is 16.7 Å². The second-order valence-corrected chi connectivity index (χ2v) is 8.81. The molecular formula is C23H25Cl2NO6. The molecule has 1 aromatic rings. The average Bonchev–Trinajstić information content (AvgIpc) is 3.13. The summed E-state index contributed by atoms with van der Waals surface area (Å²) in [5, 5.41) is 16.8. The highest BCUT2D eigenvalue weighted by molar-refractivity contribution is 6.42. The minimum absolute atomic E-state index is 0.218. The van der Waals surface area contributed by atoms with Crippen LogP contribution in [0.25, 0.3) is 0 Å². The van der Waals surface area contributed by atoms with Gasteiger partial charge in [-0.05, 0) is 55.4 Å². The van der Waals surface area contributed by atoms with E-state index in [1.54, 1.807) is 6.08 Å². The van der Waals surface area contributed by atoms with E-state index in [1.807, 2.05) is 19.1 Å². The van der Waals surface area contributed by atoms with E-state index < -0.39 is 11.9 Å². The molecule has 32 heavy (non-hydrogen) atoms. The molecule has 0 radical (unpaired) electrons. The van der Waals surface area contributed by atoms with Crippen molar-refractivity contribution in [2.75, 3.05) is 13.2 Å². The lowest BCUT2D eigenvalue weighted by Crippen LogP contribution is -2.40. The Labute approximate surface area is 196 Å². The molecule has 0 aliphatic carbocycles. The van der Waals surface area contributed by atoms with Crippen molar-refractivity contribution in [2.45, 2.75) is 44.2 Å². The van der Waals surface area contributed by atoms with Crippen molar-refractivity contribution in [1.29, 1.82) is 0 Å². The highest BCUT2D eigenvalue weighted by Crippen LogP contribution is 2.54. The van der Waals surface area contributed by atoms with Gasteiger partial charge in [0, 0.05) is 42.8 Å². The molecule has 3 fully saturated rings. The fourth-order valence-electron chi connectivity index (χ4n) is 5.09. The second-order valence-electron chi connectivity index (χ2n) is 7.99. The van der Waals surface area contributed by atoms with Crippen LogP contribution in [0.4, 0.5) is 0 Å². The predicted octanol–water partition coefficient (Wildman–Crippen LogP) is 4.14. The van der Waals surface area contributed by atoms with Crippen LogP contribution in [0.3, 0.4) is 0 Å². The molecule has 4 bridgehead atoms. The first-order valence-corrected chi connectivity index (χ1v) is 11.2. The van der Waals surface area contributed by atoms with Crippen molar-refractivity contribution < 1.29 is 29.3 Å². The minimum Gasteiger partial charge on any atom is -0.478 e. The van der Waals surface area contributed by atoms with E-state index in [1.165, 1.54) is 24.0 Å². The molecule has 3 saturated heterocycles. The number of carbonyl (C=O) groups excluding carboxylic acids is 1. The molecule has 1 unspecified atom stereocenters. The third kappa shape index (κ3) is 5.52. The Hall–Kier alpha value is -2.35. The summed E-state index contributed by atoms with van der Waals surface area (Å²) in [6, 6.07) is 7.14. The third-order valence-electron chi connectivity index (χ3n) is 6.19. The van der Waals surface area contributed by atoms with Crippen LogP contribution in [0, 0.1) is 5.92 Å². The minimum atomic E-state index is -1.26. The van der Waals surface area contributed by atoms with Crippen LogP contribution >= 0.6 is 23.2 Å². The number of esters is 1. The maximum absolute atomic E-state index is 12.0. The first kappa shape index (κ1) is 24.3. The summed E-state index contributed by atoms with van der Waals surface area (Å²) >= 11 is 12.3. The van der Waals surface area contributed by atoms with Gasteiger partial charge in [-0.2, -0.15) is 0 Å². The standard InChI is InChI=1S/C19H21Cl2NO2.C4H4O4/c1-2-24-18(23)8-12-10-22-13-4-6-17(22)19(12)14(9-13)11-3-5-15(20)16(21)7-11;5-3(6)1-2-4(7)8/h3,5,7-8,13-14,17,19H,2,4,6,9-10H2,1H3;1-2H,(H,5,6)(H,7,8)/b;2-1+/t13-,14+,17+,19+;/m0./s1. The molecule has 0 aromatic heterocycles. The maximum atomic E-state index is 12.0. The molecule has 1 aromatic carbocycles. The summed E-state index contributed by atoms with van der Waals surface area (Å²) < 4.78 is 5.14. The number of hydrogen-bond acceptors (Lipinski definition) is 5. The molecule has 2 N–H and O–H groups in total. The number of piperidine rings is 1. The van der Waals surface area contributed by atoms with Crippen LogP contribution in [-0.2, 0) is 19.1 Å². The van der Waals surface area contributed by atoms with Gasteiger partial charge in [-0.15, -0.1) is 0 Å². The van der Waals surface area contributed by atoms with Gasteiger partial charge in [0.25, 0.3) is 0 Å². The van der Waals surface area contributed by atoms with Crippen molar-refractivity contribution in [1.82, 2.24) is 4.90 Å². The molecule has 172 valence electrons. The van der Waals surface area contributed by atoms with Crippen molar-refractivity contribution in [3.63, 3.8) is 0 Å². The monoisotopic (exact) mass is 481 g/mol. The van der Waals surface area contributed by atoms with E-state index in [-0.39, 0.29) is 5.97 Å². The van der Waals surface area contributed by atoms with Crippen LogP contribution in [0.5, 0.6) is 0 Å². The number of carbonyl (C=O) groups is 3. The molecule has 3 aliphatic heterocycles. The number of hydrogen-bond donors (Lipinski definition) is 2. The molecule has 4 rings (SSSR count). The van der Waals surface area contributed by atoms with Gasteiger partial charge in [-0.1, -0.05) is 29.3 Å². The molecular weight excluding hydrogens is 457 g/mol. The molecule has 0 amide bonds. The van der Waals surface area contributed by atoms with Crippen LogP contribution in [0.15, 0.2) is 42.0 Å². The van der Waals surface area contributed by atoms with Crippen LogP contribution in [0.2, 0.25) is 10.0 Å². The van der Waals surface area contributed by atoms with E-state index in [2.05, 4.69) is 11.0 Å². The topological polar surface area (TPSA) is 104 Å². The Morgan fingerprint density at radius 2 is 1.81 bits per heavy atom. The van der Waals surface area contributed by atoms with Gasteiger partial charge >= 0.3 is 17.9 Å². The molecule has 5 atom stereocenters. The van der Waals surface area contributed by atoms with E-state index in [9.17, 15) is 14.4 Å². The molecule has 9 heteroatoms. The second kappa shape index (κ2) is 10.5. The smallest absolute Gasteiger partial charge is 0.330 e. The first-order valence-electron chi connectivity index (χ1n) is 10.4. The van der Waals surface area contributed by atoms with Crippen molar-refractivity contribution in [3.05, 3.63) is 57.6 Å². The number of ether oxygens (including phenoxy) is 1. The molecule has 0 spiro atoms. The van der Waals surface area contributed by atoms with E-state index in [0.717, 1.165) is 13.0 Å². The lowest BCUT2D eigenvalue weighted by atomic mass is 9.76. The lowest BCUT2D eigenvalue weighted by molar-refractivity contribution is -0.137. The van der Waals surface area contributed by atoms with E-state index in [0.29, 0.717) is 52.7 Å². The van der Waals surface area contributed by atoms with Gasteiger partial charge in [0.1, 0.15) is 0 Å². The summed E-state index contributed by atoms with van der Waals surface area (Å²) in [5.41, 5.74) is 2.46. The van der Waals surface area contributed by atoms with Gasteiger partial charge < -0.3 is 14.9 Å². The number of carboxylic acid groups (broad SMARTS) is 2. The molecule has 3 aliphatic rings. The number of nitrogens with zero attached hydrogens (tertiary/aromatic N) is 1.